The summed E-state index contributed by atoms with van der Waals surface area (Å²) in [6, 6.07) is 7.06. The Labute approximate surface area is 114 Å². The Balaban J connectivity index is 2.15. The van der Waals surface area contributed by atoms with Gasteiger partial charge in [-0.25, -0.2) is 9.78 Å². The van der Waals surface area contributed by atoms with Crippen LogP contribution in [0.4, 0.5) is 0 Å². The molecule has 0 spiro atoms. The summed E-state index contributed by atoms with van der Waals surface area (Å²) in [6.45, 7) is 1.68. The number of fused-ring (bicyclic) bond motifs is 1. The minimum atomic E-state index is -1.01. The third-order valence-electron chi connectivity index (χ3n) is 2.56. The first-order valence-electron chi connectivity index (χ1n) is 6.06. The summed E-state index contributed by atoms with van der Waals surface area (Å²) in [4.78, 5) is 42.7. The zero-order valence-electron chi connectivity index (χ0n) is 10.8. The van der Waals surface area contributed by atoms with Gasteiger partial charge in [-0.05, 0) is 19.1 Å². The number of hydrogen-bond donors (Lipinski definition) is 0. The van der Waals surface area contributed by atoms with Crippen molar-refractivity contribution in [3.05, 3.63) is 36.2 Å². The molecule has 6 nitrogen and oxygen atoms in total. The fourth-order valence-electron chi connectivity index (χ4n) is 1.61. The zero-order valence-corrected chi connectivity index (χ0v) is 10.8. The summed E-state index contributed by atoms with van der Waals surface area (Å²) in [6.07, 6.45) is 0.731. The third kappa shape index (κ3) is 3.03. The van der Waals surface area contributed by atoms with Gasteiger partial charge in [0, 0.05) is 0 Å². The molecule has 0 aliphatic rings. The Kier molecular flexibility index (Phi) is 4.14. The van der Waals surface area contributed by atoms with Crippen molar-refractivity contribution >= 4 is 28.6 Å². The molecule has 102 valence electrons. The fraction of sp³-hybridized carbons (Fsp3) is 0.214. The SMILES string of the molecule is CCOC(=O)C(=O)CC(=O)c1cnc2ccccc2n1. The van der Waals surface area contributed by atoms with Crippen molar-refractivity contribution in [1.29, 1.82) is 0 Å². The molecule has 0 amide bonds. The molecule has 0 atom stereocenters. The van der Waals surface area contributed by atoms with Gasteiger partial charge in [-0.2, -0.15) is 0 Å². The van der Waals surface area contributed by atoms with Gasteiger partial charge >= 0.3 is 5.97 Å². The molecule has 20 heavy (non-hydrogen) atoms. The van der Waals surface area contributed by atoms with E-state index in [1.807, 2.05) is 6.07 Å². The second-order valence-corrected chi connectivity index (χ2v) is 3.99. The number of para-hydroxylation sites is 2. The first-order chi connectivity index (χ1) is 9.61. The Hall–Kier alpha value is -2.63. The van der Waals surface area contributed by atoms with Crippen LogP contribution in [0.25, 0.3) is 11.0 Å². The lowest BCUT2D eigenvalue weighted by molar-refractivity contribution is -0.153. The molecular formula is C14H12N2O4. The Morgan fingerprint density at radius 3 is 2.55 bits per heavy atom. The van der Waals surface area contributed by atoms with Crippen LogP contribution in [0.15, 0.2) is 30.5 Å². The highest BCUT2D eigenvalue weighted by molar-refractivity contribution is 6.38. The molecule has 2 aromatic rings. The lowest BCUT2D eigenvalue weighted by Gasteiger charge is -2.02. The highest BCUT2D eigenvalue weighted by Gasteiger charge is 2.21. The molecule has 0 saturated carbocycles. The molecule has 0 radical (unpaired) electrons. The maximum absolute atomic E-state index is 11.9. The quantitative estimate of drug-likeness (QED) is 0.353. The maximum atomic E-state index is 11.9. The summed E-state index contributed by atoms with van der Waals surface area (Å²) < 4.78 is 4.53. The van der Waals surface area contributed by atoms with Crippen LogP contribution < -0.4 is 0 Å². The second kappa shape index (κ2) is 6.01. The van der Waals surface area contributed by atoms with E-state index < -0.39 is 24.0 Å². The van der Waals surface area contributed by atoms with E-state index in [1.165, 1.54) is 6.20 Å². The number of ether oxygens (including phenoxy) is 1. The van der Waals surface area contributed by atoms with Crippen LogP contribution in [-0.2, 0) is 14.3 Å². The van der Waals surface area contributed by atoms with Gasteiger partial charge in [0.2, 0.25) is 5.78 Å². The van der Waals surface area contributed by atoms with E-state index >= 15 is 0 Å². The van der Waals surface area contributed by atoms with E-state index in [-0.39, 0.29) is 12.3 Å². The van der Waals surface area contributed by atoms with Gasteiger partial charge in [0.05, 0.1) is 30.3 Å². The predicted octanol–water partition coefficient (Wildman–Crippen LogP) is 1.33. The smallest absolute Gasteiger partial charge is 0.375 e. The predicted molar refractivity (Wildman–Crippen MR) is 70.1 cm³/mol. The molecule has 0 aliphatic heterocycles. The molecule has 0 unspecified atom stereocenters. The molecule has 0 fully saturated rings. The first-order valence-corrected chi connectivity index (χ1v) is 6.06. The average molecular weight is 272 g/mol. The number of carbonyl (C=O) groups is 3. The molecule has 0 bridgehead atoms. The zero-order chi connectivity index (χ0) is 14.5. The topological polar surface area (TPSA) is 86.2 Å². The maximum Gasteiger partial charge on any atom is 0.375 e. The van der Waals surface area contributed by atoms with Crippen molar-refractivity contribution in [3.63, 3.8) is 0 Å². The van der Waals surface area contributed by atoms with Crippen molar-refractivity contribution in [2.24, 2.45) is 0 Å². The van der Waals surface area contributed by atoms with Crippen LogP contribution in [0, 0.1) is 0 Å². The van der Waals surface area contributed by atoms with Crippen LogP contribution in [0.3, 0.4) is 0 Å². The molecule has 6 heteroatoms. The Morgan fingerprint density at radius 2 is 1.85 bits per heavy atom. The van der Waals surface area contributed by atoms with Gasteiger partial charge in [0.15, 0.2) is 5.78 Å². The minimum Gasteiger partial charge on any atom is -0.460 e. The molecule has 0 aliphatic carbocycles. The van der Waals surface area contributed by atoms with Crippen molar-refractivity contribution in [1.82, 2.24) is 9.97 Å². The van der Waals surface area contributed by atoms with E-state index in [4.69, 9.17) is 0 Å². The van der Waals surface area contributed by atoms with Gasteiger partial charge in [0.1, 0.15) is 5.69 Å². The fourth-order valence-corrected chi connectivity index (χ4v) is 1.61. The number of Topliss-reactive ketones (excluding diaryl/α,β-unsaturated/α-hetero) is 2. The van der Waals surface area contributed by atoms with Gasteiger partial charge in [-0.15, -0.1) is 0 Å². The number of esters is 1. The van der Waals surface area contributed by atoms with Gasteiger partial charge in [-0.1, -0.05) is 12.1 Å². The summed E-state index contributed by atoms with van der Waals surface area (Å²) in [5.41, 5.74) is 1.27. The molecule has 2 rings (SSSR count). The average Bonchev–Trinajstić information content (AvgIpc) is 2.46. The van der Waals surface area contributed by atoms with Crippen LogP contribution in [0.5, 0.6) is 0 Å². The second-order valence-electron chi connectivity index (χ2n) is 3.99. The Bertz CT molecular complexity index is 682. The molecule has 1 aromatic carbocycles. The largest absolute Gasteiger partial charge is 0.460 e. The van der Waals surface area contributed by atoms with Crippen LogP contribution in [0.2, 0.25) is 0 Å². The summed E-state index contributed by atoms with van der Waals surface area (Å²) in [7, 11) is 0. The number of ketones is 2. The summed E-state index contributed by atoms with van der Waals surface area (Å²) in [5.74, 6) is -2.44. The lowest BCUT2D eigenvalue weighted by Crippen LogP contribution is -2.21. The normalized spacial score (nSPS) is 10.2. The molecule has 1 aromatic heterocycles. The van der Waals surface area contributed by atoms with Gasteiger partial charge in [0.25, 0.3) is 0 Å². The highest BCUT2D eigenvalue weighted by Crippen LogP contribution is 2.10. The van der Waals surface area contributed by atoms with Crippen LogP contribution in [-0.4, -0.2) is 34.1 Å². The van der Waals surface area contributed by atoms with Crippen molar-refractivity contribution in [3.8, 4) is 0 Å². The molecule has 0 N–H and O–H groups in total. The van der Waals surface area contributed by atoms with E-state index in [0.717, 1.165) is 0 Å². The lowest BCUT2D eigenvalue weighted by atomic mass is 10.1. The van der Waals surface area contributed by atoms with Crippen molar-refractivity contribution in [2.75, 3.05) is 6.61 Å². The van der Waals surface area contributed by atoms with Crippen LogP contribution >= 0.6 is 0 Å². The highest BCUT2D eigenvalue weighted by atomic mass is 16.5. The number of aromatic nitrogens is 2. The summed E-state index contributed by atoms with van der Waals surface area (Å²) >= 11 is 0. The van der Waals surface area contributed by atoms with E-state index in [0.29, 0.717) is 11.0 Å². The standard InChI is InChI=1S/C14H12N2O4/c1-2-20-14(19)13(18)7-12(17)11-8-15-9-5-3-4-6-10(9)16-11/h3-6,8H,2,7H2,1H3. The van der Waals surface area contributed by atoms with Crippen molar-refractivity contribution in [2.45, 2.75) is 13.3 Å². The number of carbonyl (C=O) groups excluding carboxylic acids is 3. The van der Waals surface area contributed by atoms with Gasteiger partial charge < -0.3 is 4.74 Å². The number of hydrogen-bond acceptors (Lipinski definition) is 6. The summed E-state index contributed by atoms with van der Waals surface area (Å²) in [5, 5.41) is 0. The number of rotatable bonds is 5. The van der Waals surface area contributed by atoms with Gasteiger partial charge in [-0.3, -0.25) is 14.6 Å². The van der Waals surface area contributed by atoms with E-state index in [2.05, 4.69) is 14.7 Å². The first kappa shape index (κ1) is 13.8. The number of nitrogens with zero attached hydrogens (tertiary/aromatic N) is 2. The monoisotopic (exact) mass is 272 g/mol. The van der Waals surface area contributed by atoms with Crippen molar-refractivity contribution < 1.29 is 19.1 Å². The van der Waals surface area contributed by atoms with E-state index in [1.54, 1.807) is 25.1 Å². The number of benzene rings is 1. The third-order valence-corrected chi connectivity index (χ3v) is 2.56. The molecule has 1 heterocycles. The minimum absolute atomic E-state index is 0.0568. The molecule has 0 saturated heterocycles. The van der Waals surface area contributed by atoms with E-state index in [9.17, 15) is 14.4 Å². The van der Waals surface area contributed by atoms with Crippen LogP contribution in [0.1, 0.15) is 23.8 Å². The Morgan fingerprint density at radius 1 is 1.15 bits per heavy atom. The molecular weight excluding hydrogens is 260 g/mol.